The summed E-state index contributed by atoms with van der Waals surface area (Å²) in [4.78, 5) is 12.5. The molecular formula is C30H25N5O2S. The van der Waals surface area contributed by atoms with Gasteiger partial charge in [0.2, 0.25) is 0 Å². The predicted octanol–water partition coefficient (Wildman–Crippen LogP) is 6.28. The molecule has 0 spiro atoms. The van der Waals surface area contributed by atoms with Gasteiger partial charge in [-0.05, 0) is 48.9 Å². The van der Waals surface area contributed by atoms with E-state index >= 15 is 0 Å². The molecule has 0 unspecified atom stereocenters. The van der Waals surface area contributed by atoms with Crippen molar-refractivity contribution in [1.29, 1.82) is 0 Å². The number of benzene rings is 4. The van der Waals surface area contributed by atoms with Crippen molar-refractivity contribution in [2.75, 3.05) is 5.75 Å². The predicted molar refractivity (Wildman–Crippen MR) is 151 cm³/mol. The number of aromatic nitrogens is 3. The van der Waals surface area contributed by atoms with Crippen LogP contribution >= 0.6 is 11.8 Å². The fourth-order valence-electron chi connectivity index (χ4n) is 3.69. The molecule has 5 rings (SSSR count). The minimum absolute atomic E-state index is 0.132. The number of hydrogen-bond donors (Lipinski definition) is 1. The van der Waals surface area contributed by atoms with Crippen molar-refractivity contribution in [3.63, 3.8) is 0 Å². The number of amides is 1. The molecule has 1 N–H and O–H groups in total. The highest BCUT2D eigenvalue weighted by molar-refractivity contribution is 7.99. The molecule has 0 fully saturated rings. The highest BCUT2D eigenvalue weighted by atomic mass is 32.2. The van der Waals surface area contributed by atoms with E-state index in [0.717, 1.165) is 28.4 Å². The average molecular weight is 520 g/mol. The summed E-state index contributed by atoms with van der Waals surface area (Å²) >= 11 is 1.30. The number of ether oxygens (including phenoxy) is 1. The Labute approximate surface area is 225 Å². The van der Waals surface area contributed by atoms with Crippen LogP contribution in [-0.4, -0.2) is 32.6 Å². The third-order valence-electron chi connectivity index (χ3n) is 5.53. The van der Waals surface area contributed by atoms with Crippen molar-refractivity contribution in [3.8, 4) is 28.6 Å². The third-order valence-corrected chi connectivity index (χ3v) is 6.46. The zero-order valence-electron chi connectivity index (χ0n) is 20.7. The lowest BCUT2D eigenvalue weighted by atomic mass is 10.1. The van der Waals surface area contributed by atoms with Crippen LogP contribution in [0, 0.1) is 6.92 Å². The van der Waals surface area contributed by atoms with Gasteiger partial charge in [0.05, 0.1) is 12.0 Å². The summed E-state index contributed by atoms with van der Waals surface area (Å²) in [5, 5.41) is 13.5. The van der Waals surface area contributed by atoms with Crippen LogP contribution in [0.25, 0.3) is 17.1 Å². The van der Waals surface area contributed by atoms with Crippen molar-refractivity contribution < 1.29 is 9.53 Å². The van der Waals surface area contributed by atoms with Gasteiger partial charge in [-0.2, -0.15) is 5.10 Å². The lowest BCUT2D eigenvalue weighted by Gasteiger charge is -2.10. The Hall–Kier alpha value is -4.69. The van der Waals surface area contributed by atoms with E-state index in [2.05, 4.69) is 20.7 Å². The molecule has 0 atom stereocenters. The number of nitrogens with zero attached hydrogens (tertiary/aromatic N) is 4. The summed E-state index contributed by atoms with van der Waals surface area (Å²) < 4.78 is 7.82. The topological polar surface area (TPSA) is 81.4 Å². The summed E-state index contributed by atoms with van der Waals surface area (Å²) in [6.45, 7) is 2.04. The molecular weight excluding hydrogens is 494 g/mol. The van der Waals surface area contributed by atoms with E-state index in [9.17, 15) is 4.79 Å². The second-order valence-electron chi connectivity index (χ2n) is 8.41. The summed E-state index contributed by atoms with van der Waals surface area (Å²) in [6.07, 6.45) is 1.59. The average Bonchev–Trinajstić information content (AvgIpc) is 3.37. The Balaban J connectivity index is 1.24. The molecule has 1 heterocycles. The molecule has 38 heavy (non-hydrogen) atoms. The molecule has 7 nitrogen and oxygen atoms in total. The largest absolute Gasteiger partial charge is 0.457 e. The standard InChI is InChI=1S/C30H25N5O2S/c1-22-15-17-24(18-16-22)29-33-34-30(35(29)25-10-4-2-5-11-25)38-21-28(36)32-31-20-23-9-8-14-27(19-23)37-26-12-6-3-7-13-26/h2-20H,21H2,1H3,(H,32,36)/b31-20+. The number of hydrogen-bond acceptors (Lipinski definition) is 6. The van der Waals surface area contributed by atoms with E-state index in [1.54, 1.807) is 6.21 Å². The van der Waals surface area contributed by atoms with Crippen LogP contribution < -0.4 is 10.2 Å². The van der Waals surface area contributed by atoms with Crippen LogP contribution in [0.4, 0.5) is 0 Å². The van der Waals surface area contributed by atoms with Crippen molar-refractivity contribution >= 4 is 23.9 Å². The van der Waals surface area contributed by atoms with Gasteiger partial charge in [-0.3, -0.25) is 9.36 Å². The number of hydrazone groups is 1. The first kappa shape index (κ1) is 25.0. The molecule has 0 radical (unpaired) electrons. The second-order valence-corrected chi connectivity index (χ2v) is 9.36. The Kier molecular flexibility index (Phi) is 7.91. The van der Waals surface area contributed by atoms with Gasteiger partial charge >= 0.3 is 0 Å². The summed E-state index contributed by atoms with van der Waals surface area (Å²) in [7, 11) is 0. The Bertz CT molecular complexity index is 1530. The molecule has 0 aliphatic carbocycles. The normalized spacial score (nSPS) is 11.0. The molecule has 1 aromatic heterocycles. The minimum atomic E-state index is -0.248. The van der Waals surface area contributed by atoms with E-state index in [0.29, 0.717) is 10.9 Å². The summed E-state index contributed by atoms with van der Waals surface area (Å²) in [5.74, 6) is 2.04. The van der Waals surface area contributed by atoms with Gasteiger partial charge < -0.3 is 4.74 Å². The Morgan fingerprint density at radius 1 is 0.895 bits per heavy atom. The van der Waals surface area contributed by atoms with Gasteiger partial charge in [0, 0.05) is 11.3 Å². The molecule has 8 heteroatoms. The highest BCUT2D eigenvalue weighted by Gasteiger charge is 2.17. The molecule has 1 amide bonds. The third kappa shape index (κ3) is 6.35. The lowest BCUT2D eigenvalue weighted by molar-refractivity contribution is -0.118. The van der Waals surface area contributed by atoms with E-state index < -0.39 is 0 Å². The molecule has 0 bridgehead atoms. The zero-order chi connectivity index (χ0) is 26.2. The minimum Gasteiger partial charge on any atom is -0.457 e. The Morgan fingerprint density at radius 3 is 2.37 bits per heavy atom. The first-order chi connectivity index (χ1) is 18.7. The smallest absolute Gasteiger partial charge is 0.250 e. The fraction of sp³-hybridized carbons (Fsp3) is 0.0667. The van der Waals surface area contributed by atoms with Crippen LogP contribution in [0.3, 0.4) is 0 Å². The maximum atomic E-state index is 12.5. The van der Waals surface area contributed by atoms with Crippen LogP contribution in [0.5, 0.6) is 11.5 Å². The van der Waals surface area contributed by atoms with Crippen molar-refractivity contribution in [3.05, 3.63) is 120 Å². The molecule has 5 aromatic rings. The highest BCUT2D eigenvalue weighted by Crippen LogP contribution is 2.28. The van der Waals surface area contributed by atoms with Crippen molar-refractivity contribution in [2.24, 2.45) is 5.10 Å². The quantitative estimate of drug-likeness (QED) is 0.141. The maximum Gasteiger partial charge on any atom is 0.250 e. The molecule has 0 aliphatic rings. The number of nitrogens with one attached hydrogen (secondary N) is 1. The van der Waals surface area contributed by atoms with Crippen LogP contribution in [0.15, 0.2) is 119 Å². The summed E-state index contributed by atoms with van der Waals surface area (Å²) in [5.41, 5.74) is 6.43. The van der Waals surface area contributed by atoms with Crippen LogP contribution in [0.2, 0.25) is 0 Å². The van der Waals surface area contributed by atoms with E-state index in [1.807, 2.05) is 121 Å². The first-order valence-corrected chi connectivity index (χ1v) is 13.0. The SMILES string of the molecule is Cc1ccc(-c2nnc(SCC(=O)N/N=C/c3cccc(Oc4ccccc4)c3)n2-c2ccccc2)cc1. The van der Waals surface area contributed by atoms with Crippen molar-refractivity contribution in [2.45, 2.75) is 12.1 Å². The number of thioether (sulfide) groups is 1. The molecule has 0 aliphatic heterocycles. The molecule has 4 aromatic carbocycles. The van der Waals surface area contributed by atoms with Crippen molar-refractivity contribution in [1.82, 2.24) is 20.2 Å². The maximum absolute atomic E-state index is 12.5. The molecule has 188 valence electrons. The van der Waals surface area contributed by atoms with Crippen LogP contribution in [-0.2, 0) is 4.79 Å². The number of para-hydroxylation sites is 2. The lowest BCUT2D eigenvalue weighted by Crippen LogP contribution is -2.20. The van der Waals surface area contributed by atoms with Crippen LogP contribution in [0.1, 0.15) is 11.1 Å². The summed E-state index contributed by atoms with van der Waals surface area (Å²) in [6, 6.07) is 35.0. The first-order valence-electron chi connectivity index (χ1n) is 12.0. The number of rotatable bonds is 9. The van der Waals surface area contributed by atoms with Gasteiger partial charge in [0.1, 0.15) is 11.5 Å². The zero-order valence-corrected chi connectivity index (χ0v) is 21.5. The number of carbonyl (C=O) groups excluding carboxylic acids is 1. The number of aryl methyl sites for hydroxylation is 1. The van der Waals surface area contributed by atoms with E-state index in [-0.39, 0.29) is 11.7 Å². The van der Waals surface area contributed by atoms with E-state index in [1.165, 1.54) is 17.3 Å². The van der Waals surface area contributed by atoms with Gasteiger partial charge in [0.25, 0.3) is 5.91 Å². The van der Waals surface area contributed by atoms with Gasteiger partial charge in [0.15, 0.2) is 11.0 Å². The number of carbonyl (C=O) groups is 1. The van der Waals surface area contributed by atoms with E-state index in [4.69, 9.17) is 4.74 Å². The van der Waals surface area contributed by atoms with Gasteiger partial charge in [-0.1, -0.05) is 90.1 Å². The van der Waals surface area contributed by atoms with Gasteiger partial charge in [-0.25, -0.2) is 5.43 Å². The Morgan fingerprint density at radius 2 is 1.61 bits per heavy atom. The molecule has 0 saturated carbocycles. The molecule has 0 saturated heterocycles. The van der Waals surface area contributed by atoms with Gasteiger partial charge in [-0.15, -0.1) is 10.2 Å². The fourth-order valence-corrected chi connectivity index (χ4v) is 4.43. The second kappa shape index (κ2) is 12.0. The monoisotopic (exact) mass is 519 g/mol.